The maximum absolute atomic E-state index is 12.0. The molecule has 2 N–H and O–H groups in total. The first-order chi connectivity index (χ1) is 8.16. The molecule has 0 aromatic carbocycles. The lowest BCUT2D eigenvalue weighted by Gasteiger charge is -2.31. The average Bonchev–Trinajstić information content (AvgIpc) is 2.82. The Morgan fingerprint density at radius 3 is 3.00 bits per heavy atom. The highest BCUT2D eigenvalue weighted by Gasteiger charge is 2.26. The lowest BCUT2D eigenvalue weighted by molar-refractivity contribution is -0.134. The lowest BCUT2D eigenvalue weighted by Crippen LogP contribution is -2.44. The minimum atomic E-state index is -0.293. The molecule has 1 fully saturated rings. The summed E-state index contributed by atoms with van der Waals surface area (Å²) in [6.07, 6.45) is 2.09. The molecule has 1 aliphatic heterocycles. The van der Waals surface area contributed by atoms with E-state index in [1.54, 1.807) is 16.2 Å². The summed E-state index contributed by atoms with van der Waals surface area (Å²) in [4.78, 5) is 24.9. The number of rotatable bonds is 3. The molecule has 0 bridgehead atoms. The molecule has 5 heteroatoms. The van der Waals surface area contributed by atoms with E-state index >= 15 is 0 Å². The smallest absolute Gasteiger partial charge is 0.227 e. The lowest BCUT2D eigenvalue weighted by atomic mass is 9.97. The van der Waals surface area contributed by atoms with Crippen LogP contribution < -0.4 is 5.73 Å². The van der Waals surface area contributed by atoms with Gasteiger partial charge >= 0.3 is 0 Å². The number of primary amides is 1. The van der Waals surface area contributed by atoms with Gasteiger partial charge in [0.2, 0.25) is 11.8 Å². The third-order valence-corrected chi connectivity index (χ3v) is 3.84. The highest BCUT2D eigenvalue weighted by atomic mass is 32.1. The first kappa shape index (κ1) is 12.1. The summed E-state index contributed by atoms with van der Waals surface area (Å²) in [5.41, 5.74) is 6.33. The first-order valence-electron chi connectivity index (χ1n) is 5.75. The fourth-order valence-corrected chi connectivity index (χ4v) is 2.78. The number of carbonyl (C=O) groups excluding carboxylic acids is 2. The fraction of sp³-hybridized carbons (Fsp3) is 0.500. The van der Waals surface area contributed by atoms with Crippen LogP contribution in [0.4, 0.5) is 0 Å². The number of hydrogen-bond donors (Lipinski definition) is 1. The highest BCUT2D eigenvalue weighted by Crippen LogP contribution is 2.17. The van der Waals surface area contributed by atoms with Crippen LogP contribution in [0.15, 0.2) is 16.8 Å². The standard InChI is InChI=1S/C12H16N2O2S/c13-12(16)10-2-1-4-14(7-10)11(15)6-9-3-5-17-8-9/h3,5,8,10H,1-2,4,6-7H2,(H2,13,16)/t10-/m0/s1. The highest BCUT2D eigenvalue weighted by molar-refractivity contribution is 7.07. The monoisotopic (exact) mass is 252 g/mol. The van der Waals surface area contributed by atoms with Crippen molar-refractivity contribution in [1.29, 1.82) is 0 Å². The molecule has 92 valence electrons. The Labute approximate surface area is 104 Å². The minimum absolute atomic E-state index is 0.0920. The molecule has 1 saturated heterocycles. The van der Waals surface area contributed by atoms with Gasteiger partial charge in [0, 0.05) is 13.1 Å². The molecule has 1 aromatic rings. The minimum Gasteiger partial charge on any atom is -0.369 e. The van der Waals surface area contributed by atoms with Crippen molar-refractivity contribution in [3.8, 4) is 0 Å². The SMILES string of the molecule is NC(=O)[C@H]1CCCN(C(=O)Cc2ccsc2)C1. The van der Waals surface area contributed by atoms with Gasteiger partial charge in [0.1, 0.15) is 0 Å². The Morgan fingerprint density at radius 2 is 2.35 bits per heavy atom. The van der Waals surface area contributed by atoms with E-state index in [1.165, 1.54) is 0 Å². The molecule has 0 unspecified atom stereocenters. The number of amides is 2. The van der Waals surface area contributed by atoms with E-state index in [0.29, 0.717) is 13.0 Å². The van der Waals surface area contributed by atoms with Gasteiger partial charge in [0.05, 0.1) is 12.3 Å². The van der Waals surface area contributed by atoms with Crippen LogP contribution in [-0.2, 0) is 16.0 Å². The van der Waals surface area contributed by atoms with E-state index in [2.05, 4.69) is 0 Å². The van der Waals surface area contributed by atoms with Gasteiger partial charge in [0.15, 0.2) is 0 Å². The summed E-state index contributed by atoms with van der Waals surface area (Å²) in [6.45, 7) is 1.23. The number of thiophene rings is 1. The Bertz CT molecular complexity index is 403. The van der Waals surface area contributed by atoms with Gasteiger partial charge in [-0.3, -0.25) is 9.59 Å². The summed E-state index contributed by atoms with van der Waals surface area (Å²) in [6, 6.07) is 1.96. The molecule has 0 radical (unpaired) electrons. The molecular weight excluding hydrogens is 236 g/mol. The van der Waals surface area contributed by atoms with E-state index in [1.807, 2.05) is 16.8 Å². The van der Waals surface area contributed by atoms with Gasteiger partial charge in [-0.05, 0) is 35.2 Å². The molecule has 2 rings (SSSR count). The molecule has 1 aromatic heterocycles. The van der Waals surface area contributed by atoms with Gasteiger partial charge in [-0.25, -0.2) is 0 Å². The zero-order valence-corrected chi connectivity index (χ0v) is 10.4. The van der Waals surface area contributed by atoms with Gasteiger partial charge in [-0.1, -0.05) is 0 Å². The summed E-state index contributed by atoms with van der Waals surface area (Å²) in [5, 5.41) is 3.94. The molecule has 0 saturated carbocycles. The van der Waals surface area contributed by atoms with Crippen LogP contribution >= 0.6 is 11.3 Å². The Morgan fingerprint density at radius 1 is 1.53 bits per heavy atom. The molecule has 0 aliphatic carbocycles. The number of likely N-dealkylation sites (tertiary alicyclic amines) is 1. The second kappa shape index (κ2) is 5.31. The third-order valence-electron chi connectivity index (χ3n) is 3.11. The van der Waals surface area contributed by atoms with Crippen LogP contribution in [0.2, 0.25) is 0 Å². The topological polar surface area (TPSA) is 63.4 Å². The van der Waals surface area contributed by atoms with Crippen molar-refractivity contribution in [2.45, 2.75) is 19.3 Å². The largest absolute Gasteiger partial charge is 0.369 e. The van der Waals surface area contributed by atoms with Gasteiger partial charge < -0.3 is 10.6 Å². The molecule has 0 spiro atoms. The number of piperidine rings is 1. The van der Waals surface area contributed by atoms with E-state index in [-0.39, 0.29) is 17.7 Å². The number of carbonyl (C=O) groups is 2. The van der Waals surface area contributed by atoms with Gasteiger partial charge in [0.25, 0.3) is 0 Å². The van der Waals surface area contributed by atoms with Crippen LogP contribution in [0.1, 0.15) is 18.4 Å². The maximum atomic E-state index is 12.0. The molecule has 2 heterocycles. The normalized spacial score (nSPS) is 20.2. The molecule has 17 heavy (non-hydrogen) atoms. The Balaban J connectivity index is 1.93. The van der Waals surface area contributed by atoms with E-state index in [0.717, 1.165) is 24.9 Å². The van der Waals surface area contributed by atoms with Crippen molar-refractivity contribution in [2.75, 3.05) is 13.1 Å². The first-order valence-corrected chi connectivity index (χ1v) is 6.69. The Hall–Kier alpha value is -1.36. The van der Waals surface area contributed by atoms with E-state index < -0.39 is 0 Å². The number of hydrogen-bond acceptors (Lipinski definition) is 3. The van der Waals surface area contributed by atoms with Crippen molar-refractivity contribution >= 4 is 23.2 Å². The second-order valence-electron chi connectivity index (χ2n) is 4.39. The van der Waals surface area contributed by atoms with Crippen LogP contribution in [-0.4, -0.2) is 29.8 Å². The van der Waals surface area contributed by atoms with Crippen molar-refractivity contribution in [1.82, 2.24) is 4.90 Å². The fourth-order valence-electron chi connectivity index (χ4n) is 2.12. The number of nitrogens with zero attached hydrogens (tertiary/aromatic N) is 1. The van der Waals surface area contributed by atoms with Crippen LogP contribution in [0.3, 0.4) is 0 Å². The quantitative estimate of drug-likeness (QED) is 0.872. The zero-order chi connectivity index (χ0) is 12.3. The van der Waals surface area contributed by atoms with Gasteiger partial charge in [-0.15, -0.1) is 0 Å². The van der Waals surface area contributed by atoms with E-state index in [4.69, 9.17) is 5.73 Å². The molecule has 1 aliphatic rings. The predicted octanol–water partition coefficient (Wildman–Crippen LogP) is 1.01. The third kappa shape index (κ3) is 3.06. The molecule has 4 nitrogen and oxygen atoms in total. The van der Waals surface area contributed by atoms with Crippen molar-refractivity contribution in [3.05, 3.63) is 22.4 Å². The van der Waals surface area contributed by atoms with Crippen LogP contribution in [0, 0.1) is 5.92 Å². The van der Waals surface area contributed by atoms with Crippen LogP contribution in [0.25, 0.3) is 0 Å². The van der Waals surface area contributed by atoms with Gasteiger partial charge in [-0.2, -0.15) is 11.3 Å². The van der Waals surface area contributed by atoms with Crippen molar-refractivity contribution in [3.63, 3.8) is 0 Å². The maximum Gasteiger partial charge on any atom is 0.227 e. The average molecular weight is 252 g/mol. The predicted molar refractivity (Wildman–Crippen MR) is 66.5 cm³/mol. The summed E-state index contributed by atoms with van der Waals surface area (Å²) >= 11 is 1.59. The van der Waals surface area contributed by atoms with Crippen molar-refractivity contribution < 1.29 is 9.59 Å². The number of nitrogens with two attached hydrogens (primary N) is 1. The molecular formula is C12H16N2O2S. The summed E-state index contributed by atoms with van der Waals surface area (Å²) in [5.74, 6) is -0.373. The molecule has 2 amide bonds. The summed E-state index contributed by atoms with van der Waals surface area (Å²) < 4.78 is 0. The van der Waals surface area contributed by atoms with Crippen LogP contribution in [0.5, 0.6) is 0 Å². The van der Waals surface area contributed by atoms with Crippen molar-refractivity contribution in [2.24, 2.45) is 11.7 Å². The second-order valence-corrected chi connectivity index (χ2v) is 5.17. The Kier molecular flexibility index (Phi) is 3.78. The zero-order valence-electron chi connectivity index (χ0n) is 9.59. The van der Waals surface area contributed by atoms with E-state index in [9.17, 15) is 9.59 Å². The molecule has 1 atom stereocenters. The summed E-state index contributed by atoms with van der Waals surface area (Å²) in [7, 11) is 0.